The van der Waals surface area contributed by atoms with E-state index >= 15 is 0 Å². The largest absolute Gasteiger partial charge is 0.353 e. The lowest BCUT2D eigenvalue weighted by Gasteiger charge is -2.12. The van der Waals surface area contributed by atoms with Crippen molar-refractivity contribution in [2.45, 2.75) is 6.92 Å². The smallest absolute Gasteiger partial charge is 0.334 e. The summed E-state index contributed by atoms with van der Waals surface area (Å²) in [7, 11) is 0. The average Bonchev–Trinajstić information content (AvgIpc) is 2.59. The first-order chi connectivity index (χ1) is 12.4. The summed E-state index contributed by atoms with van der Waals surface area (Å²) in [6.07, 6.45) is 1.25. The van der Waals surface area contributed by atoms with Crippen molar-refractivity contribution >= 4 is 51.9 Å². The number of benzene rings is 2. The first-order valence-corrected chi connectivity index (χ1v) is 8.25. The molecule has 0 atom stereocenters. The molecule has 2 N–H and O–H groups in total. The first kappa shape index (κ1) is 17.9. The van der Waals surface area contributed by atoms with Gasteiger partial charge >= 0.3 is 5.69 Å². The van der Waals surface area contributed by atoms with E-state index in [9.17, 15) is 10.1 Å². The maximum absolute atomic E-state index is 11.6. The summed E-state index contributed by atoms with van der Waals surface area (Å²) in [6.45, 7) is 1.84. The van der Waals surface area contributed by atoms with Gasteiger partial charge in [-0.05, 0) is 55.0 Å². The number of hydrogen-bond acceptors (Lipinski definition) is 6. The zero-order valence-electron chi connectivity index (χ0n) is 13.5. The van der Waals surface area contributed by atoms with Crippen LogP contribution in [-0.2, 0) is 0 Å². The Hall–Kier alpha value is -2.90. The maximum Gasteiger partial charge on any atom is 0.353 e. The fourth-order valence-electron chi connectivity index (χ4n) is 2.30. The van der Waals surface area contributed by atoms with Gasteiger partial charge < -0.3 is 10.6 Å². The van der Waals surface area contributed by atoms with Crippen LogP contribution in [0.1, 0.15) is 5.56 Å². The summed E-state index contributed by atoms with van der Waals surface area (Å²) in [4.78, 5) is 19.1. The molecule has 7 nitrogen and oxygen atoms in total. The minimum atomic E-state index is -0.536. The van der Waals surface area contributed by atoms with Crippen molar-refractivity contribution in [2.75, 3.05) is 10.6 Å². The van der Waals surface area contributed by atoms with Gasteiger partial charge in [-0.1, -0.05) is 23.2 Å². The van der Waals surface area contributed by atoms with Crippen molar-refractivity contribution in [3.63, 3.8) is 0 Å². The molecular formula is C17H13Cl2N5O2. The number of nitro groups is 1. The molecule has 0 spiro atoms. The van der Waals surface area contributed by atoms with E-state index in [0.29, 0.717) is 21.4 Å². The van der Waals surface area contributed by atoms with Crippen molar-refractivity contribution in [2.24, 2.45) is 0 Å². The van der Waals surface area contributed by atoms with Crippen molar-refractivity contribution in [1.82, 2.24) is 9.97 Å². The van der Waals surface area contributed by atoms with Crippen LogP contribution < -0.4 is 10.6 Å². The highest BCUT2D eigenvalue weighted by Gasteiger charge is 2.23. The van der Waals surface area contributed by atoms with Crippen molar-refractivity contribution in [3.05, 3.63) is 74.5 Å². The van der Waals surface area contributed by atoms with E-state index in [1.165, 1.54) is 6.33 Å². The third kappa shape index (κ3) is 4.01. The minimum absolute atomic E-state index is 0.0708. The maximum atomic E-state index is 11.6. The van der Waals surface area contributed by atoms with E-state index < -0.39 is 4.92 Å². The second kappa shape index (κ2) is 7.55. The van der Waals surface area contributed by atoms with Crippen LogP contribution in [0, 0.1) is 17.0 Å². The third-order valence-electron chi connectivity index (χ3n) is 3.55. The average molecular weight is 390 g/mol. The normalized spacial score (nSPS) is 10.4. The molecule has 0 bridgehead atoms. The Balaban J connectivity index is 1.98. The van der Waals surface area contributed by atoms with Crippen LogP contribution in [0.2, 0.25) is 10.0 Å². The van der Waals surface area contributed by atoms with Gasteiger partial charge in [-0.3, -0.25) is 10.1 Å². The quantitative estimate of drug-likeness (QED) is 0.442. The molecule has 0 aliphatic carbocycles. The second-order valence-electron chi connectivity index (χ2n) is 5.39. The fourth-order valence-corrected chi connectivity index (χ4v) is 2.65. The van der Waals surface area contributed by atoms with Crippen LogP contribution in [0.25, 0.3) is 0 Å². The van der Waals surface area contributed by atoms with Crippen molar-refractivity contribution < 1.29 is 4.92 Å². The Morgan fingerprint density at radius 1 is 0.962 bits per heavy atom. The van der Waals surface area contributed by atoms with E-state index in [0.717, 1.165) is 5.56 Å². The van der Waals surface area contributed by atoms with Gasteiger partial charge in [0, 0.05) is 21.4 Å². The Morgan fingerprint density at radius 2 is 1.58 bits per heavy atom. The summed E-state index contributed by atoms with van der Waals surface area (Å²) in [5.74, 6) is 0.147. The van der Waals surface area contributed by atoms with E-state index in [1.54, 1.807) is 42.5 Å². The lowest BCUT2D eigenvalue weighted by Crippen LogP contribution is -2.06. The molecule has 1 heterocycles. The lowest BCUT2D eigenvalue weighted by molar-refractivity contribution is -0.383. The van der Waals surface area contributed by atoms with Crippen LogP contribution in [0.15, 0.2) is 48.8 Å². The van der Waals surface area contributed by atoms with Crippen LogP contribution in [-0.4, -0.2) is 14.9 Å². The molecule has 3 aromatic rings. The summed E-state index contributed by atoms with van der Waals surface area (Å²) < 4.78 is 0. The molecule has 132 valence electrons. The van der Waals surface area contributed by atoms with Crippen LogP contribution >= 0.6 is 23.2 Å². The number of nitrogens with zero attached hydrogens (tertiary/aromatic N) is 3. The summed E-state index contributed by atoms with van der Waals surface area (Å²) in [5.41, 5.74) is 1.84. The van der Waals surface area contributed by atoms with Crippen LogP contribution in [0.3, 0.4) is 0 Å². The number of hydrogen-bond donors (Lipinski definition) is 2. The summed E-state index contributed by atoms with van der Waals surface area (Å²) in [6, 6.07) is 11.9. The van der Waals surface area contributed by atoms with Crippen molar-refractivity contribution in [3.8, 4) is 0 Å². The van der Waals surface area contributed by atoms with Gasteiger partial charge in [-0.15, -0.1) is 0 Å². The number of anilines is 4. The van der Waals surface area contributed by atoms with Gasteiger partial charge in [0.25, 0.3) is 0 Å². The molecule has 0 saturated heterocycles. The van der Waals surface area contributed by atoms with Gasteiger partial charge in [0.1, 0.15) is 6.33 Å². The molecule has 0 aliphatic rings. The third-order valence-corrected chi connectivity index (χ3v) is 4.04. The van der Waals surface area contributed by atoms with Gasteiger partial charge in [0.15, 0.2) is 0 Å². The molecule has 0 unspecified atom stereocenters. The summed E-state index contributed by atoms with van der Waals surface area (Å²) >= 11 is 11.8. The molecule has 0 amide bonds. The predicted octanol–water partition coefficient (Wildman–Crippen LogP) is 5.49. The highest BCUT2D eigenvalue weighted by molar-refractivity contribution is 6.31. The van der Waals surface area contributed by atoms with E-state index in [1.807, 2.05) is 6.92 Å². The molecule has 2 aromatic carbocycles. The monoisotopic (exact) mass is 389 g/mol. The minimum Gasteiger partial charge on any atom is -0.334 e. The topological polar surface area (TPSA) is 93.0 Å². The van der Waals surface area contributed by atoms with Gasteiger partial charge in [-0.2, -0.15) is 0 Å². The van der Waals surface area contributed by atoms with E-state index in [4.69, 9.17) is 23.2 Å². The molecule has 1 aromatic heterocycles. The predicted molar refractivity (Wildman–Crippen MR) is 103 cm³/mol. The van der Waals surface area contributed by atoms with Gasteiger partial charge in [0.2, 0.25) is 11.6 Å². The number of nitrogens with one attached hydrogen (secondary N) is 2. The second-order valence-corrected chi connectivity index (χ2v) is 6.27. The highest BCUT2D eigenvalue weighted by atomic mass is 35.5. The fraction of sp³-hybridized carbons (Fsp3) is 0.0588. The Labute approximate surface area is 159 Å². The molecule has 9 heteroatoms. The molecule has 0 aliphatic heterocycles. The summed E-state index contributed by atoms with van der Waals surface area (Å²) in [5, 5.41) is 18.7. The number of aromatic nitrogens is 2. The zero-order chi connectivity index (χ0) is 18.7. The van der Waals surface area contributed by atoms with E-state index in [2.05, 4.69) is 20.6 Å². The van der Waals surface area contributed by atoms with Crippen LogP contribution in [0.4, 0.5) is 28.7 Å². The Morgan fingerprint density at radius 3 is 2.19 bits per heavy atom. The van der Waals surface area contributed by atoms with E-state index in [-0.39, 0.29) is 17.3 Å². The molecule has 0 radical (unpaired) electrons. The highest BCUT2D eigenvalue weighted by Crippen LogP contribution is 2.34. The molecule has 3 rings (SSSR count). The number of rotatable bonds is 5. The Kier molecular flexibility index (Phi) is 5.20. The standard InChI is InChI=1S/C17H13Cl2N5O2/c1-10-8-12(19)4-7-14(10)23-17-15(24(25)26)16(20-9-21-17)22-13-5-2-11(18)3-6-13/h2-9H,1H3,(H2,20,21,22,23). The van der Waals surface area contributed by atoms with Gasteiger partial charge in [0.05, 0.1) is 4.92 Å². The Bertz CT molecular complexity index is 964. The number of halogens is 2. The lowest BCUT2D eigenvalue weighted by atomic mass is 10.2. The SMILES string of the molecule is Cc1cc(Cl)ccc1Nc1ncnc(Nc2ccc(Cl)cc2)c1[N+](=O)[O-]. The molecular weight excluding hydrogens is 377 g/mol. The zero-order valence-corrected chi connectivity index (χ0v) is 15.0. The molecule has 26 heavy (non-hydrogen) atoms. The van der Waals surface area contributed by atoms with Gasteiger partial charge in [-0.25, -0.2) is 9.97 Å². The van der Waals surface area contributed by atoms with Crippen LogP contribution in [0.5, 0.6) is 0 Å². The molecule has 0 fully saturated rings. The first-order valence-electron chi connectivity index (χ1n) is 7.49. The number of aryl methyl sites for hydroxylation is 1. The molecule has 0 saturated carbocycles. The van der Waals surface area contributed by atoms with Crippen molar-refractivity contribution in [1.29, 1.82) is 0 Å².